The summed E-state index contributed by atoms with van der Waals surface area (Å²) in [5.41, 5.74) is 0.793. The van der Waals surface area contributed by atoms with Gasteiger partial charge in [-0.05, 0) is 24.3 Å². The maximum atomic E-state index is 12.3. The Hall–Kier alpha value is -1.89. The van der Waals surface area contributed by atoms with Crippen molar-refractivity contribution in [3.05, 3.63) is 35.9 Å². The Morgan fingerprint density at radius 1 is 1.18 bits per heavy atom. The summed E-state index contributed by atoms with van der Waals surface area (Å²) in [6.45, 7) is 6.36. The second-order valence-corrected chi connectivity index (χ2v) is 8.95. The van der Waals surface area contributed by atoms with Crippen LogP contribution in [-0.4, -0.2) is 30.9 Å². The molecular weight excluding hydrogens is 381 g/mol. The van der Waals surface area contributed by atoms with Gasteiger partial charge in [0.2, 0.25) is 5.91 Å². The Bertz CT molecular complexity index is 654. The molecule has 0 radical (unpaired) electrons. The fourth-order valence-electron chi connectivity index (χ4n) is 2.43. The van der Waals surface area contributed by atoms with Crippen molar-refractivity contribution in [3.8, 4) is 0 Å². The summed E-state index contributed by atoms with van der Waals surface area (Å²) >= 11 is 0. The molecule has 0 fully saturated rings. The molecule has 9 heteroatoms. The highest BCUT2D eigenvalue weighted by molar-refractivity contribution is 7.54. The fourth-order valence-corrected chi connectivity index (χ4v) is 3.55. The lowest BCUT2D eigenvalue weighted by Gasteiger charge is -2.30. The van der Waals surface area contributed by atoms with Gasteiger partial charge in [0.25, 0.3) is 0 Å². The molecule has 0 bridgehead atoms. The van der Waals surface area contributed by atoms with Crippen molar-refractivity contribution in [2.24, 2.45) is 5.92 Å². The summed E-state index contributed by atoms with van der Waals surface area (Å²) in [6, 6.07) is 8.18. The van der Waals surface area contributed by atoms with Crippen LogP contribution in [0.1, 0.15) is 45.6 Å². The van der Waals surface area contributed by atoms with Gasteiger partial charge in [-0.15, -0.1) is 0 Å². The van der Waals surface area contributed by atoms with Gasteiger partial charge in [0.05, 0.1) is 19.8 Å². The molecule has 0 heterocycles. The molecule has 0 aliphatic rings. The zero-order chi connectivity index (χ0) is 21.0. The van der Waals surface area contributed by atoms with Gasteiger partial charge in [-0.25, -0.2) is 4.79 Å². The molecule has 0 aliphatic heterocycles. The van der Waals surface area contributed by atoms with E-state index in [1.807, 2.05) is 39.0 Å². The third-order valence-corrected chi connectivity index (χ3v) is 5.13. The molecule has 2 amide bonds. The Morgan fingerprint density at radius 2 is 1.86 bits per heavy atom. The van der Waals surface area contributed by atoms with Gasteiger partial charge < -0.3 is 24.8 Å². The summed E-state index contributed by atoms with van der Waals surface area (Å²) in [5.74, 6) is -0.233. The number of unbranched alkanes of at least 4 members (excludes halogenated alkanes) is 1. The molecule has 1 rings (SSSR count). The molecule has 0 saturated heterocycles. The third-order valence-electron chi connectivity index (χ3n) is 3.85. The second-order valence-electron chi connectivity index (χ2n) is 7.03. The van der Waals surface area contributed by atoms with Gasteiger partial charge in [0.15, 0.2) is 0 Å². The molecule has 3 N–H and O–H groups in total. The minimum absolute atomic E-state index is 0.0407. The lowest BCUT2D eigenvalue weighted by molar-refractivity contribution is -0.179. The minimum atomic E-state index is -4.22. The Labute approximate surface area is 166 Å². The molecular formula is C19H31N3O5P-. The molecule has 1 unspecified atom stereocenters. The average molecular weight is 412 g/mol. The molecule has 1 aromatic carbocycles. The first-order valence-corrected chi connectivity index (χ1v) is 11.3. The summed E-state index contributed by atoms with van der Waals surface area (Å²) in [6.07, 6.45) is 0.636. The van der Waals surface area contributed by atoms with E-state index in [2.05, 4.69) is 15.7 Å². The van der Waals surface area contributed by atoms with Crippen LogP contribution >= 0.6 is 7.52 Å². The number of rotatable bonds is 12. The lowest BCUT2D eigenvalue weighted by atomic mass is 10.0. The summed E-state index contributed by atoms with van der Waals surface area (Å²) in [4.78, 5) is 36.3. The van der Waals surface area contributed by atoms with E-state index in [4.69, 9.17) is 4.74 Å². The van der Waals surface area contributed by atoms with E-state index in [1.54, 1.807) is 12.1 Å². The van der Waals surface area contributed by atoms with Crippen molar-refractivity contribution in [2.75, 3.05) is 12.8 Å². The van der Waals surface area contributed by atoms with Gasteiger partial charge in [-0.1, -0.05) is 57.5 Å². The van der Waals surface area contributed by atoms with Crippen LogP contribution in [-0.2, 0) is 20.7 Å². The molecule has 0 aromatic heterocycles. The van der Waals surface area contributed by atoms with Crippen molar-refractivity contribution < 1.29 is 23.8 Å². The number of hydrogen-bond donors (Lipinski definition) is 3. The van der Waals surface area contributed by atoms with Crippen molar-refractivity contribution in [3.63, 3.8) is 0 Å². The SMILES string of the molecule is CCCCNC(=O)[C@H](CC(C)C)NP(=O)([O-])CNC(=O)OCc1ccccc1. The fraction of sp³-hybridized carbons (Fsp3) is 0.579. The van der Waals surface area contributed by atoms with E-state index in [9.17, 15) is 19.0 Å². The number of carbonyl (C=O) groups is 2. The van der Waals surface area contributed by atoms with Crippen LogP contribution in [0.5, 0.6) is 0 Å². The minimum Gasteiger partial charge on any atom is -0.787 e. The third kappa shape index (κ3) is 10.4. The first kappa shape index (κ1) is 24.1. The topological polar surface area (TPSA) is 120 Å². The molecule has 2 atom stereocenters. The normalized spacial score (nSPS) is 14.2. The molecule has 0 spiro atoms. The van der Waals surface area contributed by atoms with E-state index in [1.165, 1.54) is 0 Å². The molecule has 0 saturated carbocycles. The van der Waals surface area contributed by atoms with Crippen LogP contribution in [0.25, 0.3) is 0 Å². The Balaban J connectivity index is 2.51. The van der Waals surface area contributed by atoms with E-state index < -0.39 is 25.9 Å². The highest BCUT2D eigenvalue weighted by Crippen LogP contribution is 2.30. The van der Waals surface area contributed by atoms with E-state index in [0.717, 1.165) is 18.4 Å². The van der Waals surface area contributed by atoms with Crippen molar-refractivity contribution >= 4 is 19.5 Å². The van der Waals surface area contributed by atoms with Crippen molar-refractivity contribution in [2.45, 2.75) is 52.7 Å². The Kier molecular flexibility index (Phi) is 10.8. The van der Waals surface area contributed by atoms with Crippen LogP contribution in [0, 0.1) is 5.92 Å². The first-order valence-electron chi connectivity index (χ1n) is 9.53. The maximum absolute atomic E-state index is 12.3. The summed E-state index contributed by atoms with van der Waals surface area (Å²) in [5, 5.41) is 7.35. The predicted molar refractivity (Wildman–Crippen MR) is 107 cm³/mol. The molecule has 158 valence electrons. The van der Waals surface area contributed by atoms with Crippen LogP contribution in [0.15, 0.2) is 30.3 Å². The Morgan fingerprint density at radius 3 is 2.46 bits per heavy atom. The number of benzene rings is 1. The number of ether oxygens (including phenoxy) is 1. The number of alkyl carbamates (subject to hydrolysis) is 1. The maximum Gasteiger partial charge on any atom is 0.407 e. The standard InChI is InChI=1S/C19H32N3O5P/c1-4-5-11-20-18(23)17(12-15(2)3)22-28(25,26)14-21-19(24)27-13-16-9-7-6-8-10-16/h6-10,15,17H,4-5,11-14H2,1-3H3,(H,20,23)(H,21,24)(H2,22,25,26)/p-1/t17-/m0/s1. The molecule has 28 heavy (non-hydrogen) atoms. The first-order chi connectivity index (χ1) is 13.2. The van der Waals surface area contributed by atoms with Crippen molar-refractivity contribution in [1.29, 1.82) is 0 Å². The zero-order valence-corrected chi connectivity index (χ0v) is 17.7. The van der Waals surface area contributed by atoms with Gasteiger partial charge in [0.1, 0.15) is 6.61 Å². The molecule has 8 nitrogen and oxygen atoms in total. The predicted octanol–water partition coefficient (Wildman–Crippen LogP) is 2.34. The largest absolute Gasteiger partial charge is 0.787 e. The van der Waals surface area contributed by atoms with E-state index in [0.29, 0.717) is 13.0 Å². The van der Waals surface area contributed by atoms with Gasteiger partial charge in [-0.3, -0.25) is 9.88 Å². The summed E-state index contributed by atoms with van der Waals surface area (Å²) in [7, 11) is -4.22. The smallest absolute Gasteiger partial charge is 0.407 e. The number of amides is 2. The van der Waals surface area contributed by atoms with E-state index >= 15 is 0 Å². The zero-order valence-electron chi connectivity index (χ0n) is 16.8. The van der Waals surface area contributed by atoms with Crippen molar-refractivity contribution in [1.82, 2.24) is 15.7 Å². The number of nitrogens with one attached hydrogen (secondary N) is 3. The highest BCUT2D eigenvalue weighted by atomic mass is 31.2. The quantitative estimate of drug-likeness (QED) is 0.358. The molecule has 0 aliphatic carbocycles. The van der Waals surface area contributed by atoms with Crippen LogP contribution in [0.2, 0.25) is 0 Å². The average Bonchev–Trinajstić information content (AvgIpc) is 2.64. The molecule has 1 aromatic rings. The monoisotopic (exact) mass is 412 g/mol. The van der Waals surface area contributed by atoms with E-state index in [-0.39, 0.29) is 18.4 Å². The number of carbonyl (C=O) groups excluding carboxylic acids is 2. The number of hydrogen-bond acceptors (Lipinski definition) is 5. The van der Waals surface area contributed by atoms with Gasteiger partial charge in [0, 0.05) is 6.54 Å². The highest BCUT2D eigenvalue weighted by Gasteiger charge is 2.24. The van der Waals surface area contributed by atoms with Crippen LogP contribution in [0.3, 0.4) is 0 Å². The van der Waals surface area contributed by atoms with Gasteiger partial charge in [-0.2, -0.15) is 0 Å². The van der Waals surface area contributed by atoms with Crippen LogP contribution in [0.4, 0.5) is 4.79 Å². The van der Waals surface area contributed by atoms with Crippen LogP contribution < -0.4 is 20.6 Å². The summed E-state index contributed by atoms with van der Waals surface area (Å²) < 4.78 is 17.3. The second kappa shape index (κ2) is 12.5. The lowest BCUT2D eigenvalue weighted by Crippen LogP contribution is -2.46. The van der Waals surface area contributed by atoms with Gasteiger partial charge >= 0.3 is 6.09 Å².